The van der Waals surface area contributed by atoms with Crippen molar-refractivity contribution in [1.82, 2.24) is 10.0 Å². The molecule has 0 aromatic carbocycles. The lowest BCUT2D eigenvalue weighted by Crippen LogP contribution is -2.24. The molecule has 0 saturated carbocycles. The molecule has 1 aromatic heterocycles. The Morgan fingerprint density at radius 3 is 2.75 bits per heavy atom. The van der Waals surface area contributed by atoms with E-state index in [0.29, 0.717) is 10.8 Å². The minimum absolute atomic E-state index is 0.425. The lowest BCUT2D eigenvalue weighted by molar-refractivity contribution is 0.580. The molecular weight excluding hydrogens is 312 g/mol. The zero-order chi connectivity index (χ0) is 14.8. The topological polar surface area (TPSA) is 58.2 Å². The predicted octanol–water partition coefficient (Wildman–Crippen LogP) is 2.32. The second-order valence-electron chi connectivity index (χ2n) is 4.42. The first-order chi connectivity index (χ1) is 9.60. The highest BCUT2D eigenvalue weighted by molar-refractivity contribution is 7.98. The molecule has 2 N–H and O–H groups in total. The van der Waals surface area contributed by atoms with Gasteiger partial charge in [-0.05, 0) is 56.5 Å². The highest BCUT2D eigenvalue weighted by Crippen LogP contribution is 2.21. The third-order valence-corrected chi connectivity index (χ3v) is 6.56. The van der Waals surface area contributed by atoms with Crippen molar-refractivity contribution in [3.8, 4) is 0 Å². The number of rotatable bonds is 11. The Hall–Kier alpha value is -0.0800. The smallest absolute Gasteiger partial charge is 0.250 e. The van der Waals surface area contributed by atoms with Crippen molar-refractivity contribution in [3.63, 3.8) is 0 Å². The van der Waals surface area contributed by atoms with Gasteiger partial charge in [0.2, 0.25) is 10.0 Å². The van der Waals surface area contributed by atoms with E-state index in [-0.39, 0.29) is 0 Å². The van der Waals surface area contributed by atoms with E-state index in [0.717, 1.165) is 43.0 Å². The van der Waals surface area contributed by atoms with Crippen molar-refractivity contribution in [3.05, 3.63) is 17.0 Å². The van der Waals surface area contributed by atoms with Gasteiger partial charge in [0, 0.05) is 11.4 Å². The quantitative estimate of drug-likeness (QED) is 0.609. The van der Waals surface area contributed by atoms with Gasteiger partial charge in [-0.2, -0.15) is 11.8 Å². The minimum Gasteiger partial charge on any atom is -0.317 e. The largest absolute Gasteiger partial charge is 0.317 e. The number of hydrogen-bond donors (Lipinski definition) is 2. The minimum atomic E-state index is -3.32. The van der Waals surface area contributed by atoms with Crippen molar-refractivity contribution in [2.45, 2.75) is 30.4 Å². The molecule has 116 valence electrons. The van der Waals surface area contributed by atoms with Gasteiger partial charge in [0.05, 0.1) is 0 Å². The molecule has 0 aliphatic heterocycles. The molecule has 0 unspecified atom stereocenters. The van der Waals surface area contributed by atoms with Crippen LogP contribution >= 0.6 is 23.1 Å². The Labute approximate surface area is 130 Å². The molecule has 0 bridgehead atoms. The normalized spacial score (nSPS) is 11.9. The zero-order valence-electron chi connectivity index (χ0n) is 12.1. The molecule has 1 heterocycles. The lowest BCUT2D eigenvalue weighted by atomic mass is 10.3. The third kappa shape index (κ3) is 6.58. The Bertz CT molecular complexity index is 472. The summed E-state index contributed by atoms with van der Waals surface area (Å²) >= 11 is 3.15. The molecule has 0 aliphatic carbocycles. The molecule has 0 amide bonds. The highest BCUT2D eigenvalue weighted by Gasteiger charge is 2.15. The fourth-order valence-corrected chi connectivity index (χ4v) is 4.64. The SMILES string of the molecule is CCNCCc1ccc(S(=O)(=O)NCCCCSC)s1. The third-order valence-electron chi connectivity index (χ3n) is 2.77. The molecular formula is C13H24N2O2S3. The van der Waals surface area contributed by atoms with Crippen molar-refractivity contribution >= 4 is 33.1 Å². The molecule has 0 radical (unpaired) electrons. The van der Waals surface area contributed by atoms with Crippen LogP contribution in [0.5, 0.6) is 0 Å². The van der Waals surface area contributed by atoms with Gasteiger partial charge in [-0.25, -0.2) is 13.1 Å². The van der Waals surface area contributed by atoms with Crippen LogP contribution in [0.4, 0.5) is 0 Å². The van der Waals surface area contributed by atoms with E-state index in [9.17, 15) is 8.42 Å². The number of nitrogens with one attached hydrogen (secondary N) is 2. The second kappa shape index (κ2) is 9.78. The van der Waals surface area contributed by atoms with Gasteiger partial charge in [0.1, 0.15) is 4.21 Å². The Morgan fingerprint density at radius 2 is 2.05 bits per heavy atom. The maximum Gasteiger partial charge on any atom is 0.250 e. The standard InChI is InChI=1S/C13H24N2O2S3/c1-3-14-10-8-12-6-7-13(19-12)20(16,17)15-9-4-5-11-18-2/h6-7,14-15H,3-5,8-11H2,1-2H3. The molecule has 0 atom stereocenters. The van der Waals surface area contributed by atoms with Crippen molar-refractivity contribution in [1.29, 1.82) is 0 Å². The molecule has 1 aromatic rings. The summed E-state index contributed by atoms with van der Waals surface area (Å²) in [6.07, 6.45) is 4.87. The second-order valence-corrected chi connectivity index (χ2v) is 8.57. The molecule has 7 heteroatoms. The number of likely N-dealkylation sites (N-methyl/N-ethyl adjacent to an activating group) is 1. The van der Waals surface area contributed by atoms with Gasteiger partial charge in [-0.3, -0.25) is 0 Å². The van der Waals surface area contributed by atoms with Gasteiger partial charge in [-0.1, -0.05) is 6.92 Å². The maximum absolute atomic E-state index is 12.1. The lowest BCUT2D eigenvalue weighted by Gasteiger charge is -2.04. The summed E-state index contributed by atoms with van der Waals surface area (Å²) in [5.41, 5.74) is 0. The van der Waals surface area contributed by atoms with Gasteiger partial charge < -0.3 is 5.32 Å². The molecule has 0 spiro atoms. The van der Waals surface area contributed by atoms with E-state index in [2.05, 4.69) is 23.2 Å². The average Bonchev–Trinajstić information content (AvgIpc) is 2.88. The number of thioether (sulfide) groups is 1. The number of sulfonamides is 1. The maximum atomic E-state index is 12.1. The molecule has 0 saturated heterocycles. The Morgan fingerprint density at radius 1 is 1.25 bits per heavy atom. The van der Waals surface area contributed by atoms with E-state index >= 15 is 0 Å². The first-order valence-electron chi connectivity index (χ1n) is 6.88. The van der Waals surface area contributed by atoms with Crippen LogP contribution in [0.3, 0.4) is 0 Å². The summed E-state index contributed by atoms with van der Waals surface area (Å²) in [5, 5.41) is 3.24. The summed E-state index contributed by atoms with van der Waals surface area (Å²) < 4.78 is 27.3. The first kappa shape index (κ1) is 18.0. The van der Waals surface area contributed by atoms with Gasteiger partial charge in [0.15, 0.2) is 0 Å². The summed E-state index contributed by atoms with van der Waals surface area (Å²) in [5.74, 6) is 1.08. The van der Waals surface area contributed by atoms with Crippen LogP contribution in [-0.2, 0) is 16.4 Å². The van der Waals surface area contributed by atoms with Crippen LogP contribution in [-0.4, -0.2) is 40.1 Å². The van der Waals surface area contributed by atoms with E-state index in [1.807, 2.05) is 6.07 Å². The number of hydrogen-bond acceptors (Lipinski definition) is 5. The van der Waals surface area contributed by atoms with E-state index in [4.69, 9.17) is 0 Å². The molecule has 0 aliphatic rings. The molecule has 20 heavy (non-hydrogen) atoms. The van der Waals surface area contributed by atoms with E-state index in [1.165, 1.54) is 11.3 Å². The van der Waals surface area contributed by atoms with Gasteiger partial charge in [0.25, 0.3) is 0 Å². The van der Waals surface area contributed by atoms with Crippen molar-refractivity contribution < 1.29 is 8.42 Å². The zero-order valence-corrected chi connectivity index (χ0v) is 14.6. The predicted molar refractivity (Wildman–Crippen MR) is 89.4 cm³/mol. The fraction of sp³-hybridized carbons (Fsp3) is 0.692. The molecule has 4 nitrogen and oxygen atoms in total. The van der Waals surface area contributed by atoms with Crippen molar-refractivity contribution in [2.75, 3.05) is 31.6 Å². The van der Waals surface area contributed by atoms with E-state index < -0.39 is 10.0 Å². The van der Waals surface area contributed by atoms with Crippen LogP contribution < -0.4 is 10.0 Å². The first-order valence-corrected chi connectivity index (χ1v) is 10.6. The average molecular weight is 337 g/mol. The van der Waals surface area contributed by atoms with E-state index in [1.54, 1.807) is 17.8 Å². The Kier molecular flexibility index (Phi) is 8.79. The van der Waals surface area contributed by atoms with Crippen LogP contribution in [0.25, 0.3) is 0 Å². The number of thiophene rings is 1. The van der Waals surface area contributed by atoms with Gasteiger partial charge >= 0.3 is 0 Å². The fourth-order valence-electron chi connectivity index (χ4n) is 1.67. The molecule has 0 fully saturated rings. The van der Waals surface area contributed by atoms with Crippen LogP contribution in [0.15, 0.2) is 16.3 Å². The van der Waals surface area contributed by atoms with Crippen LogP contribution in [0.2, 0.25) is 0 Å². The monoisotopic (exact) mass is 336 g/mol. The van der Waals surface area contributed by atoms with Crippen molar-refractivity contribution in [2.24, 2.45) is 0 Å². The van der Waals surface area contributed by atoms with Crippen LogP contribution in [0, 0.1) is 0 Å². The van der Waals surface area contributed by atoms with Crippen LogP contribution in [0.1, 0.15) is 24.6 Å². The summed E-state index contributed by atoms with van der Waals surface area (Å²) in [4.78, 5) is 1.11. The number of unbranched alkanes of at least 4 members (excludes halogenated alkanes) is 1. The highest BCUT2D eigenvalue weighted by atomic mass is 32.2. The van der Waals surface area contributed by atoms with Gasteiger partial charge in [-0.15, -0.1) is 11.3 Å². The summed E-state index contributed by atoms with van der Waals surface area (Å²) in [6, 6.07) is 3.61. The summed E-state index contributed by atoms with van der Waals surface area (Å²) in [6.45, 7) is 4.41. The summed E-state index contributed by atoms with van der Waals surface area (Å²) in [7, 11) is -3.32. The Balaban J connectivity index is 2.42. The molecule has 1 rings (SSSR count).